The number of carbonyl (C=O) groups excluding carboxylic acids is 2. The number of phenolic OH excluding ortho intramolecular Hbond substituents is 1. The van der Waals surface area contributed by atoms with E-state index >= 15 is 0 Å². The van der Waals surface area contributed by atoms with Crippen molar-refractivity contribution in [3.63, 3.8) is 0 Å². The van der Waals surface area contributed by atoms with Gasteiger partial charge in [-0.1, -0.05) is 11.6 Å². The molecule has 4 aromatic rings. The van der Waals surface area contributed by atoms with Crippen molar-refractivity contribution in [2.75, 3.05) is 11.9 Å². The van der Waals surface area contributed by atoms with Crippen molar-refractivity contribution in [2.45, 2.75) is 72.1 Å². The van der Waals surface area contributed by atoms with Crippen molar-refractivity contribution in [3.05, 3.63) is 92.6 Å². The fraction of sp³-hybridized carbons (Fsp3) is 0.361. The topological polar surface area (TPSA) is 201 Å². The molecule has 1 fully saturated rings. The number of rotatable bonds is 9. The minimum Gasteiger partial charge on any atom is -0.508 e. The van der Waals surface area contributed by atoms with Crippen LogP contribution in [0.25, 0.3) is 11.0 Å². The minimum atomic E-state index is -1.54. The molecule has 1 amide bonds. The highest BCUT2D eigenvalue weighted by molar-refractivity contribution is 6.06. The first-order chi connectivity index (χ1) is 23.1. The summed E-state index contributed by atoms with van der Waals surface area (Å²) in [5.74, 6) is -2.65. The predicted molar refractivity (Wildman–Crippen MR) is 179 cm³/mol. The van der Waals surface area contributed by atoms with Crippen molar-refractivity contribution in [1.29, 1.82) is 0 Å². The summed E-state index contributed by atoms with van der Waals surface area (Å²) >= 11 is 0. The van der Waals surface area contributed by atoms with Gasteiger partial charge in [-0.05, 0) is 96.0 Å². The van der Waals surface area contributed by atoms with Crippen molar-refractivity contribution in [3.8, 4) is 17.2 Å². The number of hydrogen-bond donors (Lipinski definition) is 6. The number of benzene rings is 2. The first kappa shape index (κ1) is 35.2. The third kappa shape index (κ3) is 7.19. The summed E-state index contributed by atoms with van der Waals surface area (Å²) in [6, 6.07) is 10.4. The lowest BCUT2D eigenvalue weighted by atomic mass is 9.81. The fourth-order valence-electron chi connectivity index (χ4n) is 5.74. The summed E-state index contributed by atoms with van der Waals surface area (Å²) in [5.41, 5.74) is 0.184. The Balaban J connectivity index is 1.40. The quantitative estimate of drug-likeness (QED) is 0.0821. The maximum Gasteiger partial charge on any atom is 0.364 e. The molecule has 5 rings (SSSR count). The van der Waals surface area contributed by atoms with Crippen LogP contribution in [0.3, 0.4) is 0 Å². The molecular formula is C36H40N2O11. The van der Waals surface area contributed by atoms with Crippen LogP contribution >= 0.6 is 0 Å². The average molecular weight is 677 g/mol. The van der Waals surface area contributed by atoms with Crippen LogP contribution < -0.4 is 15.7 Å². The Kier molecular flexibility index (Phi) is 9.90. The highest BCUT2D eigenvalue weighted by atomic mass is 16.7. The molecule has 49 heavy (non-hydrogen) atoms. The Bertz CT molecular complexity index is 1990. The van der Waals surface area contributed by atoms with Gasteiger partial charge in [-0.25, -0.2) is 9.59 Å². The Morgan fingerprint density at radius 2 is 1.82 bits per heavy atom. The molecule has 13 heteroatoms. The summed E-state index contributed by atoms with van der Waals surface area (Å²) in [4.78, 5) is 41.9. The van der Waals surface area contributed by atoms with Crippen molar-refractivity contribution < 1.29 is 48.6 Å². The van der Waals surface area contributed by atoms with Gasteiger partial charge in [0.1, 0.15) is 28.9 Å². The molecule has 1 aliphatic rings. The van der Waals surface area contributed by atoms with Gasteiger partial charge in [0.05, 0.1) is 23.5 Å². The second kappa shape index (κ2) is 13.8. The van der Waals surface area contributed by atoms with E-state index < -0.39 is 65.6 Å². The largest absolute Gasteiger partial charge is 0.508 e. The van der Waals surface area contributed by atoms with E-state index in [9.17, 15) is 34.8 Å². The number of aliphatic hydroxyl groups is 2. The van der Waals surface area contributed by atoms with E-state index in [-0.39, 0.29) is 39.3 Å². The molecule has 4 atom stereocenters. The number of aromatic amines is 1. The van der Waals surface area contributed by atoms with Crippen LogP contribution in [-0.2, 0) is 15.9 Å². The molecule has 0 spiro atoms. The number of aromatic nitrogens is 1. The molecule has 6 N–H and O–H groups in total. The summed E-state index contributed by atoms with van der Waals surface area (Å²) in [5, 5.41) is 45.3. The van der Waals surface area contributed by atoms with Gasteiger partial charge in [-0.2, -0.15) is 0 Å². The van der Waals surface area contributed by atoms with Crippen LogP contribution in [0.4, 0.5) is 5.69 Å². The molecule has 0 radical (unpaired) electrons. The maximum atomic E-state index is 13.1. The van der Waals surface area contributed by atoms with Gasteiger partial charge in [0, 0.05) is 16.8 Å². The second-order valence-electron chi connectivity index (χ2n) is 12.9. The number of aliphatic hydroxyl groups excluding tert-OH is 2. The number of nitrogens with one attached hydrogen (secondary N) is 2. The Morgan fingerprint density at radius 3 is 2.47 bits per heavy atom. The molecule has 0 aliphatic carbocycles. The average Bonchev–Trinajstić information content (AvgIpc) is 3.48. The molecule has 1 aliphatic heterocycles. The number of esters is 1. The number of H-pyrrole nitrogens is 1. The number of ether oxygens (including phenoxy) is 3. The zero-order valence-corrected chi connectivity index (χ0v) is 28.0. The van der Waals surface area contributed by atoms with E-state index in [1.807, 2.05) is 19.9 Å². The van der Waals surface area contributed by atoms with Gasteiger partial charge in [-0.15, -0.1) is 0 Å². The summed E-state index contributed by atoms with van der Waals surface area (Å²) in [7, 11) is 0. The van der Waals surface area contributed by atoms with Crippen LogP contribution in [0, 0.1) is 19.8 Å². The van der Waals surface area contributed by atoms with Gasteiger partial charge in [0.15, 0.2) is 17.5 Å². The van der Waals surface area contributed by atoms with E-state index in [1.165, 1.54) is 30.3 Å². The minimum absolute atomic E-state index is 0.0155. The molecule has 0 saturated carbocycles. The predicted octanol–water partition coefficient (Wildman–Crippen LogP) is 4.62. The van der Waals surface area contributed by atoms with Crippen molar-refractivity contribution in [1.82, 2.24) is 4.98 Å². The third-order valence-corrected chi connectivity index (χ3v) is 8.62. The molecule has 260 valence electrons. The molecule has 0 unspecified atom stereocenters. The molecule has 13 nitrogen and oxygen atoms in total. The highest BCUT2D eigenvalue weighted by Crippen LogP contribution is 2.40. The zero-order valence-electron chi connectivity index (χ0n) is 28.0. The van der Waals surface area contributed by atoms with Crippen LogP contribution in [-0.4, -0.2) is 68.0 Å². The van der Waals surface area contributed by atoms with Crippen LogP contribution in [0.2, 0.25) is 0 Å². The van der Waals surface area contributed by atoms with Crippen LogP contribution in [0.5, 0.6) is 17.2 Å². The van der Waals surface area contributed by atoms with Gasteiger partial charge >= 0.3 is 11.6 Å². The SMILES string of the molecule is CC(C)=CCc1cc(C(=O)Nc2c(O)c3ccc(O[C@@H]4OC(C)(C)[C@H](CO)[C@@H](OC(=O)c5ccc(C)[nH]5)[C@H]4O)c(C)c3oc2=O)ccc1O. The summed E-state index contributed by atoms with van der Waals surface area (Å²) in [6.45, 7) is 10.0. The normalized spacial score (nSPS) is 20.1. The lowest BCUT2D eigenvalue weighted by Gasteiger charge is -2.47. The molecule has 3 heterocycles. The van der Waals surface area contributed by atoms with E-state index in [1.54, 1.807) is 39.8 Å². The first-order valence-electron chi connectivity index (χ1n) is 15.7. The lowest BCUT2D eigenvalue weighted by Crippen LogP contribution is -2.62. The number of anilines is 1. The smallest absolute Gasteiger partial charge is 0.364 e. The summed E-state index contributed by atoms with van der Waals surface area (Å²) in [6.07, 6.45) is -1.86. The maximum absolute atomic E-state index is 13.1. The Labute approximate surface area is 281 Å². The first-order valence-corrected chi connectivity index (χ1v) is 15.7. The number of fused-ring (bicyclic) bond motifs is 1. The molecular weight excluding hydrogens is 636 g/mol. The number of allylic oxidation sites excluding steroid dienone is 2. The van der Waals surface area contributed by atoms with E-state index in [0.717, 1.165) is 11.3 Å². The zero-order chi connectivity index (χ0) is 35.8. The number of phenols is 1. The van der Waals surface area contributed by atoms with Crippen molar-refractivity contribution in [2.24, 2.45) is 5.92 Å². The number of aryl methyl sites for hydroxylation is 2. The lowest BCUT2D eigenvalue weighted by molar-refractivity contribution is -0.291. The highest BCUT2D eigenvalue weighted by Gasteiger charge is 2.52. The third-order valence-electron chi connectivity index (χ3n) is 8.62. The van der Waals surface area contributed by atoms with Gasteiger partial charge in [0.25, 0.3) is 5.91 Å². The monoisotopic (exact) mass is 676 g/mol. The molecule has 2 aromatic heterocycles. The number of carbonyl (C=O) groups is 2. The van der Waals surface area contributed by atoms with Crippen LogP contribution in [0.15, 0.2) is 63.3 Å². The molecule has 2 aromatic carbocycles. The van der Waals surface area contributed by atoms with Gasteiger partial charge < -0.3 is 49.4 Å². The Hall–Kier alpha value is -5.11. The standard InChI is InChI=1S/C36H40N2O11/c1-17(2)7-9-20-15-21(10-13-25(20)40)32(43)38-27-28(41)22-11-14-26(19(4)30(22)47-34(27)45)46-35-29(42)31(23(16-39)36(5,6)49-35)48-33(44)24-12-8-18(3)37-24/h7-8,10-15,23,29,31,35,37,39-42H,9,16H2,1-6H3,(H,38,43)/t23-,29-,31-,35-/m1/s1. The molecule has 0 bridgehead atoms. The van der Waals surface area contributed by atoms with E-state index in [4.69, 9.17) is 18.6 Å². The molecule has 1 saturated heterocycles. The van der Waals surface area contributed by atoms with Crippen LogP contribution in [0.1, 0.15) is 65.4 Å². The summed E-state index contributed by atoms with van der Waals surface area (Å²) < 4.78 is 23.3. The number of amides is 1. The Morgan fingerprint density at radius 1 is 1.08 bits per heavy atom. The van der Waals surface area contributed by atoms with Gasteiger partial charge in [-0.3, -0.25) is 4.79 Å². The number of aromatic hydroxyl groups is 2. The fourth-order valence-corrected chi connectivity index (χ4v) is 5.74. The van der Waals surface area contributed by atoms with E-state index in [0.29, 0.717) is 12.0 Å². The van der Waals surface area contributed by atoms with Crippen molar-refractivity contribution >= 4 is 28.5 Å². The van der Waals surface area contributed by atoms with E-state index in [2.05, 4.69) is 10.3 Å². The van der Waals surface area contributed by atoms with Gasteiger partial charge in [0.2, 0.25) is 6.29 Å². The number of hydrogen-bond acceptors (Lipinski definition) is 11. The second-order valence-corrected chi connectivity index (χ2v) is 12.9.